The second-order valence-electron chi connectivity index (χ2n) is 10.9. The van der Waals surface area contributed by atoms with Gasteiger partial charge in [0, 0.05) is 36.8 Å². The Morgan fingerprint density at radius 2 is 1.74 bits per heavy atom. The second kappa shape index (κ2) is 12.1. The molecule has 5 rings (SSSR count). The lowest BCUT2D eigenvalue weighted by atomic mass is 9.96. The van der Waals surface area contributed by atoms with Gasteiger partial charge in [0.15, 0.2) is 0 Å². The van der Waals surface area contributed by atoms with Crippen molar-refractivity contribution in [1.29, 1.82) is 0 Å². The minimum atomic E-state index is -0.473. The zero-order valence-corrected chi connectivity index (χ0v) is 22.1. The normalized spacial score (nSPS) is 19.8. The topological polar surface area (TPSA) is 86.6 Å². The molecule has 2 heterocycles. The van der Waals surface area contributed by atoms with Gasteiger partial charge in [-0.2, -0.15) is 0 Å². The van der Waals surface area contributed by atoms with Gasteiger partial charge in [0.25, 0.3) is 11.5 Å². The molecule has 2 fully saturated rings. The van der Waals surface area contributed by atoms with Crippen molar-refractivity contribution in [2.75, 3.05) is 26.2 Å². The molecule has 2 aromatic carbocycles. The highest BCUT2D eigenvalue weighted by molar-refractivity contribution is 5.93. The number of carbonyl (C=O) groups is 1. The average molecular weight is 515 g/mol. The van der Waals surface area contributed by atoms with Gasteiger partial charge in [0.05, 0.1) is 0 Å². The number of hydrogen-bond acceptors (Lipinski definition) is 5. The molecule has 1 amide bonds. The highest BCUT2D eigenvalue weighted by Gasteiger charge is 2.38. The van der Waals surface area contributed by atoms with Crippen molar-refractivity contribution in [3.8, 4) is 11.1 Å². The SMILES string of the molecule is Cn1ccc(-c2ccc(C3CC3NCC3CCN(CCCc4ccc(C(=O)NO)cc4)CC3)cc2)cc1=O. The van der Waals surface area contributed by atoms with Crippen LogP contribution in [0.3, 0.4) is 0 Å². The molecule has 1 aromatic heterocycles. The molecule has 3 aromatic rings. The van der Waals surface area contributed by atoms with Crippen molar-refractivity contribution in [3.05, 3.63) is 93.9 Å². The Morgan fingerprint density at radius 3 is 2.42 bits per heavy atom. The predicted octanol–water partition coefficient (Wildman–Crippen LogP) is 3.96. The van der Waals surface area contributed by atoms with Gasteiger partial charge < -0.3 is 14.8 Å². The van der Waals surface area contributed by atoms with Crippen LogP contribution in [0, 0.1) is 5.92 Å². The number of benzene rings is 2. The smallest absolute Gasteiger partial charge is 0.274 e. The Kier molecular flexibility index (Phi) is 8.37. The number of aryl methyl sites for hydroxylation is 2. The van der Waals surface area contributed by atoms with Crippen molar-refractivity contribution < 1.29 is 10.0 Å². The summed E-state index contributed by atoms with van der Waals surface area (Å²) < 4.78 is 1.59. The second-order valence-corrected chi connectivity index (χ2v) is 10.9. The molecular formula is C31H38N4O3. The number of hydrogen-bond donors (Lipinski definition) is 3. The number of nitrogens with one attached hydrogen (secondary N) is 2. The molecule has 2 unspecified atom stereocenters. The number of carbonyl (C=O) groups excluding carboxylic acids is 1. The van der Waals surface area contributed by atoms with E-state index < -0.39 is 5.91 Å². The molecule has 200 valence electrons. The molecule has 3 N–H and O–H groups in total. The maximum Gasteiger partial charge on any atom is 0.274 e. The fourth-order valence-electron chi connectivity index (χ4n) is 5.57. The highest BCUT2D eigenvalue weighted by atomic mass is 16.5. The van der Waals surface area contributed by atoms with Gasteiger partial charge in [0.1, 0.15) is 0 Å². The van der Waals surface area contributed by atoms with Gasteiger partial charge in [0.2, 0.25) is 0 Å². The van der Waals surface area contributed by atoms with E-state index >= 15 is 0 Å². The first-order valence-corrected chi connectivity index (χ1v) is 13.8. The first-order chi connectivity index (χ1) is 18.5. The van der Waals surface area contributed by atoms with Gasteiger partial charge in [-0.15, -0.1) is 0 Å². The van der Waals surface area contributed by atoms with Crippen LogP contribution in [0.15, 0.2) is 71.7 Å². The van der Waals surface area contributed by atoms with Crippen LogP contribution < -0.4 is 16.4 Å². The summed E-state index contributed by atoms with van der Waals surface area (Å²) in [6, 6.07) is 20.4. The number of rotatable bonds is 10. The van der Waals surface area contributed by atoms with E-state index in [4.69, 9.17) is 5.21 Å². The van der Waals surface area contributed by atoms with E-state index in [1.807, 2.05) is 24.4 Å². The Bertz CT molecular complexity index is 1280. The van der Waals surface area contributed by atoms with Gasteiger partial charge in [-0.05, 0) is 105 Å². The fraction of sp³-hybridized carbons (Fsp3) is 0.419. The van der Waals surface area contributed by atoms with Crippen molar-refractivity contribution in [2.45, 2.75) is 44.1 Å². The molecule has 7 nitrogen and oxygen atoms in total. The number of likely N-dealkylation sites (tertiary alicyclic amines) is 1. The Morgan fingerprint density at radius 1 is 1.00 bits per heavy atom. The summed E-state index contributed by atoms with van der Waals surface area (Å²) in [5, 5.41) is 12.5. The zero-order valence-electron chi connectivity index (χ0n) is 22.1. The quantitative estimate of drug-likeness (QED) is 0.282. The Hall–Kier alpha value is -3.26. The molecule has 2 atom stereocenters. The van der Waals surface area contributed by atoms with Crippen molar-refractivity contribution in [1.82, 2.24) is 20.3 Å². The van der Waals surface area contributed by atoms with E-state index in [0.717, 1.165) is 43.0 Å². The monoisotopic (exact) mass is 514 g/mol. The minimum absolute atomic E-state index is 0.0164. The van der Waals surface area contributed by atoms with Crippen LogP contribution in [0.2, 0.25) is 0 Å². The summed E-state index contributed by atoms with van der Waals surface area (Å²) in [4.78, 5) is 25.9. The van der Waals surface area contributed by atoms with Crippen LogP contribution in [-0.4, -0.2) is 52.8 Å². The number of pyridine rings is 1. The summed E-state index contributed by atoms with van der Waals surface area (Å²) in [5.41, 5.74) is 6.83. The summed E-state index contributed by atoms with van der Waals surface area (Å²) in [5.74, 6) is 0.874. The first kappa shape index (κ1) is 26.4. The summed E-state index contributed by atoms with van der Waals surface area (Å²) in [7, 11) is 1.77. The molecule has 1 aliphatic carbocycles. The lowest BCUT2D eigenvalue weighted by Crippen LogP contribution is -2.38. The first-order valence-electron chi connectivity index (χ1n) is 13.8. The molecule has 0 bridgehead atoms. The lowest BCUT2D eigenvalue weighted by molar-refractivity contribution is 0.0706. The molecule has 1 saturated carbocycles. The Balaban J connectivity index is 0.986. The number of hydroxylamine groups is 1. The Labute approximate surface area is 224 Å². The van der Waals surface area contributed by atoms with E-state index in [2.05, 4.69) is 34.5 Å². The fourth-order valence-corrected chi connectivity index (χ4v) is 5.57. The van der Waals surface area contributed by atoms with Crippen LogP contribution in [0.5, 0.6) is 0 Å². The van der Waals surface area contributed by atoms with Crippen LogP contribution in [-0.2, 0) is 13.5 Å². The maximum atomic E-state index is 11.9. The van der Waals surface area contributed by atoms with Gasteiger partial charge in [-0.3, -0.25) is 14.8 Å². The van der Waals surface area contributed by atoms with Gasteiger partial charge in [-0.25, -0.2) is 5.48 Å². The lowest BCUT2D eigenvalue weighted by Gasteiger charge is -2.32. The van der Waals surface area contributed by atoms with Crippen LogP contribution in [0.25, 0.3) is 11.1 Å². The van der Waals surface area contributed by atoms with E-state index in [1.165, 1.54) is 43.5 Å². The van der Waals surface area contributed by atoms with Crippen molar-refractivity contribution in [2.24, 2.45) is 13.0 Å². The molecule has 1 aliphatic heterocycles. The van der Waals surface area contributed by atoms with Crippen molar-refractivity contribution in [3.63, 3.8) is 0 Å². The summed E-state index contributed by atoms with van der Waals surface area (Å²) >= 11 is 0. The molecule has 7 heteroatoms. The van der Waals surface area contributed by atoms with Crippen LogP contribution in [0.4, 0.5) is 0 Å². The third kappa shape index (κ3) is 6.59. The minimum Gasteiger partial charge on any atom is -0.319 e. The van der Waals surface area contributed by atoms with Gasteiger partial charge >= 0.3 is 0 Å². The third-order valence-electron chi connectivity index (χ3n) is 8.20. The number of nitrogens with zero attached hydrogens (tertiary/aromatic N) is 2. The largest absolute Gasteiger partial charge is 0.319 e. The van der Waals surface area contributed by atoms with E-state index in [1.54, 1.807) is 35.3 Å². The highest BCUT2D eigenvalue weighted by Crippen LogP contribution is 2.41. The standard InChI is InChI=1S/C31H38N4O3/c1-34-16-14-27(19-30(34)36)24-8-10-25(11-9-24)28-20-29(28)32-21-23-12-17-35(18-13-23)15-2-3-22-4-6-26(7-5-22)31(37)33-38/h4-11,14,16,19,23,28-29,32,38H,2-3,12-13,15,17-18,20-21H2,1H3,(H,33,37). The summed E-state index contributed by atoms with van der Waals surface area (Å²) in [6.07, 6.45) is 7.63. The third-order valence-corrected chi connectivity index (χ3v) is 8.20. The van der Waals surface area contributed by atoms with Gasteiger partial charge in [-0.1, -0.05) is 36.4 Å². The zero-order chi connectivity index (χ0) is 26.5. The van der Waals surface area contributed by atoms with Crippen LogP contribution >= 0.6 is 0 Å². The molecule has 2 aliphatic rings. The molecular weight excluding hydrogens is 476 g/mol. The number of amides is 1. The summed E-state index contributed by atoms with van der Waals surface area (Å²) in [6.45, 7) is 4.55. The molecule has 1 saturated heterocycles. The predicted molar refractivity (Wildman–Crippen MR) is 149 cm³/mol. The van der Waals surface area contributed by atoms with E-state index in [0.29, 0.717) is 17.5 Å². The molecule has 38 heavy (non-hydrogen) atoms. The number of piperidine rings is 1. The van der Waals surface area contributed by atoms with E-state index in [-0.39, 0.29) is 5.56 Å². The maximum absolute atomic E-state index is 11.9. The molecule has 0 radical (unpaired) electrons. The van der Waals surface area contributed by atoms with Crippen LogP contribution in [0.1, 0.15) is 53.1 Å². The van der Waals surface area contributed by atoms with E-state index in [9.17, 15) is 9.59 Å². The average Bonchev–Trinajstić information content (AvgIpc) is 3.74. The van der Waals surface area contributed by atoms with Crippen molar-refractivity contribution >= 4 is 5.91 Å². The number of aromatic nitrogens is 1. The molecule has 0 spiro atoms.